The fraction of sp³-hybridized carbons (Fsp3) is 0.952. The third-order valence-electron chi connectivity index (χ3n) is 6.06. The number of hydrogen-bond acceptors (Lipinski definition) is 4. The summed E-state index contributed by atoms with van der Waals surface area (Å²) in [5.41, 5.74) is 0. The second kappa shape index (κ2) is 14.8. The monoisotopic (exact) mass is 509 g/mol. The molecule has 6 nitrogen and oxygen atoms in total. The van der Waals surface area contributed by atoms with Gasteiger partial charge in [-0.3, -0.25) is 9.89 Å². The van der Waals surface area contributed by atoms with Crippen molar-refractivity contribution in [3.05, 3.63) is 0 Å². The van der Waals surface area contributed by atoms with Crippen LogP contribution in [0.3, 0.4) is 0 Å². The van der Waals surface area contributed by atoms with E-state index in [1.165, 1.54) is 45.3 Å². The van der Waals surface area contributed by atoms with E-state index in [0.29, 0.717) is 12.0 Å². The van der Waals surface area contributed by atoms with Gasteiger partial charge in [-0.2, -0.15) is 0 Å². The van der Waals surface area contributed by atoms with E-state index in [2.05, 4.69) is 46.2 Å². The summed E-state index contributed by atoms with van der Waals surface area (Å²) in [7, 11) is 1.86. The molecule has 1 unspecified atom stereocenters. The van der Waals surface area contributed by atoms with Crippen LogP contribution in [0.5, 0.6) is 0 Å². The summed E-state index contributed by atoms with van der Waals surface area (Å²) in [5.74, 6) is 2.46. The number of aliphatic imine (C=N–C) groups is 1. The summed E-state index contributed by atoms with van der Waals surface area (Å²) >= 11 is 0. The molecule has 0 bridgehead atoms. The van der Waals surface area contributed by atoms with Crippen LogP contribution in [0.15, 0.2) is 4.99 Å². The van der Waals surface area contributed by atoms with Crippen LogP contribution in [0.25, 0.3) is 0 Å². The largest absolute Gasteiger partial charge is 0.379 e. The first-order chi connectivity index (χ1) is 13.1. The number of morpholine rings is 1. The maximum atomic E-state index is 5.50. The fourth-order valence-electron chi connectivity index (χ4n) is 4.07. The van der Waals surface area contributed by atoms with Gasteiger partial charge in [0.1, 0.15) is 0 Å². The van der Waals surface area contributed by atoms with Crippen LogP contribution in [0, 0.1) is 11.8 Å². The van der Waals surface area contributed by atoms with Crippen LogP contribution in [-0.2, 0) is 4.74 Å². The van der Waals surface area contributed by atoms with Crippen LogP contribution in [0.2, 0.25) is 0 Å². The third kappa shape index (κ3) is 9.59. The van der Waals surface area contributed by atoms with Gasteiger partial charge in [0.2, 0.25) is 0 Å². The lowest BCUT2D eigenvalue weighted by atomic mass is 9.99. The van der Waals surface area contributed by atoms with Crippen LogP contribution in [0.4, 0.5) is 0 Å². The number of hydrogen-bond donors (Lipinski definition) is 2. The van der Waals surface area contributed by atoms with E-state index >= 15 is 0 Å². The molecule has 0 spiro atoms. The standard InChI is InChI=1S/C21H43N5O.HI/c1-18(2)20(26-13-15-27-16-14-26)17-24-21(22-4)23-9-5-6-10-25-11-7-19(3)8-12-25;/h18-20H,5-17H2,1-4H3,(H2,22,23,24);1H. The molecule has 0 aromatic heterocycles. The number of likely N-dealkylation sites (tertiary alicyclic amines) is 1. The highest BCUT2D eigenvalue weighted by molar-refractivity contribution is 14.0. The summed E-state index contributed by atoms with van der Waals surface area (Å²) in [6, 6.07) is 0.522. The number of halogens is 1. The van der Waals surface area contributed by atoms with Crippen molar-refractivity contribution in [2.75, 3.05) is 66.1 Å². The minimum atomic E-state index is 0. The molecule has 0 aliphatic carbocycles. The number of rotatable bonds is 9. The molecular formula is C21H44IN5O. The van der Waals surface area contributed by atoms with Crippen molar-refractivity contribution in [1.82, 2.24) is 20.4 Å². The first kappa shape index (κ1) is 25.9. The summed E-state index contributed by atoms with van der Waals surface area (Å²) in [4.78, 5) is 9.58. The number of piperidine rings is 1. The Balaban J connectivity index is 0.00000392. The van der Waals surface area contributed by atoms with E-state index in [9.17, 15) is 0 Å². The smallest absolute Gasteiger partial charge is 0.191 e. The number of ether oxygens (including phenoxy) is 1. The van der Waals surface area contributed by atoms with Crippen molar-refractivity contribution in [2.45, 2.75) is 52.5 Å². The Bertz CT molecular complexity index is 421. The Morgan fingerprint density at radius 1 is 1.07 bits per heavy atom. The van der Waals surface area contributed by atoms with Gasteiger partial charge in [-0.15, -0.1) is 24.0 Å². The Hall–Kier alpha value is -0.120. The average molecular weight is 510 g/mol. The van der Waals surface area contributed by atoms with Gasteiger partial charge in [0.25, 0.3) is 0 Å². The highest BCUT2D eigenvalue weighted by Gasteiger charge is 2.23. The van der Waals surface area contributed by atoms with E-state index in [0.717, 1.165) is 51.3 Å². The van der Waals surface area contributed by atoms with E-state index in [-0.39, 0.29) is 24.0 Å². The van der Waals surface area contributed by atoms with Gasteiger partial charge >= 0.3 is 0 Å². The molecule has 2 aliphatic heterocycles. The number of guanidine groups is 1. The van der Waals surface area contributed by atoms with E-state index in [4.69, 9.17) is 4.74 Å². The number of nitrogens with one attached hydrogen (secondary N) is 2. The molecule has 0 radical (unpaired) electrons. The molecule has 0 amide bonds. The molecule has 2 saturated heterocycles. The molecule has 1 atom stereocenters. The molecule has 0 aromatic rings. The van der Waals surface area contributed by atoms with Crippen molar-refractivity contribution in [1.29, 1.82) is 0 Å². The van der Waals surface area contributed by atoms with Gasteiger partial charge < -0.3 is 20.3 Å². The zero-order valence-electron chi connectivity index (χ0n) is 18.6. The van der Waals surface area contributed by atoms with Gasteiger partial charge in [0.05, 0.1) is 13.2 Å². The maximum Gasteiger partial charge on any atom is 0.191 e. The number of nitrogens with zero attached hydrogens (tertiary/aromatic N) is 3. The number of unbranched alkanes of at least 4 members (excludes halogenated alkanes) is 1. The molecule has 0 saturated carbocycles. The summed E-state index contributed by atoms with van der Waals surface area (Å²) < 4.78 is 5.50. The molecule has 2 heterocycles. The van der Waals surface area contributed by atoms with Gasteiger partial charge in [0, 0.05) is 39.3 Å². The summed E-state index contributed by atoms with van der Waals surface area (Å²) in [6.07, 6.45) is 5.20. The second-order valence-electron chi connectivity index (χ2n) is 8.57. The van der Waals surface area contributed by atoms with Crippen LogP contribution in [-0.4, -0.2) is 87.9 Å². The van der Waals surface area contributed by atoms with Crippen molar-refractivity contribution < 1.29 is 4.74 Å². The van der Waals surface area contributed by atoms with E-state index in [1.807, 2.05) is 7.05 Å². The van der Waals surface area contributed by atoms with E-state index < -0.39 is 0 Å². The molecule has 2 fully saturated rings. The Kier molecular flexibility index (Phi) is 13.7. The molecule has 2 aliphatic rings. The minimum absolute atomic E-state index is 0. The van der Waals surface area contributed by atoms with Gasteiger partial charge in [-0.05, 0) is 57.2 Å². The molecule has 0 aromatic carbocycles. The van der Waals surface area contributed by atoms with Gasteiger partial charge in [-0.25, -0.2) is 0 Å². The van der Waals surface area contributed by atoms with E-state index in [1.54, 1.807) is 0 Å². The van der Waals surface area contributed by atoms with Crippen LogP contribution in [0.1, 0.15) is 46.5 Å². The molecular weight excluding hydrogens is 465 g/mol. The normalized spacial score (nSPS) is 21.4. The van der Waals surface area contributed by atoms with Crippen molar-refractivity contribution in [3.63, 3.8) is 0 Å². The third-order valence-corrected chi connectivity index (χ3v) is 6.06. The van der Waals surface area contributed by atoms with Crippen molar-refractivity contribution in [2.24, 2.45) is 16.8 Å². The highest BCUT2D eigenvalue weighted by Crippen LogP contribution is 2.16. The predicted octanol–water partition coefficient (Wildman–Crippen LogP) is 2.64. The molecule has 28 heavy (non-hydrogen) atoms. The lowest BCUT2D eigenvalue weighted by molar-refractivity contribution is 0.00752. The topological polar surface area (TPSA) is 52.1 Å². The summed E-state index contributed by atoms with van der Waals surface area (Å²) in [5, 5.41) is 7.03. The molecule has 7 heteroatoms. The zero-order chi connectivity index (χ0) is 19.5. The summed E-state index contributed by atoms with van der Waals surface area (Å²) in [6.45, 7) is 16.5. The molecule has 2 N–H and O–H groups in total. The molecule has 166 valence electrons. The Labute approximate surface area is 190 Å². The van der Waals surface area contributed by atoms with Gasteiger partial charge in [-0.1, -0.05) is 20.8 Å². The Morgan fingerprint density at radius 2 is 1.75 bits per heavy atom. The van der Waals surface area contributed by atoms with Gasteiger partial charge in [0.15, 0.2) is 5.96 Å². The average Bonchev–Trinajstić information content (AvgIpc) is 2.68. The van der Waals surface area contributed by atoms with Crippen molar-refractivity contribution >= 4 is 29.9 Å². The van der Waals surface area contributed by atoms with Crippen LogP contribution >= 0.6 is 24.0 Å². The minimum Gasteiger partial charge on any atom is -0.379 e. The maximum absolute atomic E-state index is 5.50. The zero-order valence-corrected chi connectivity index (χ0v) is 20.9. The Morgan fingerprint density at radius 3 is 2.36 bits per heavy atom. The highest BCUT2D eigenvalue weighted by atomic mass is 127. The first-order valence-corrected chi connectivity index (χ1v) is 11.1. The quantitative estimate of drug-likeness (QED) is 0.217. The lowest BCUT2D eigenvalue weighted by Crippen LogP contribution is -2.52. The fourth-order valence-corrected chi connectivity index (χ4v) is 4.07. The first-order valence-electron chi connectivity index (χ1n) is 11.1. The predicted molar refractivity (Wildman–Crippen MR) is 130 cm³/mol. The van der Waals surface area contributed by atoms with Crippen LogP contribution < -0.4 is 10.6 Å². The molecule has 2 rings (SSSR count). The van der Waals surface area contributed by atoms with Crippen molar-refractivity contribution in [3.8, 4) is 0 Å². The lowest BCUT2D eigenvalue weighted by Gasteiger charge is -2.37. The second-order valence-corrected chi connectivity index (χ2v) is 8.57. The SMILES string of the molecule is CN=C(NCCCCN1CCC(C)CC1)NCC(C(C)C)N1CCOCC1.I.